The van der Waals surface area contributed by atoms with Gasteiger partial charge >= 0.3 is 5.92 Å². The van der Waals surface area contributed by atoms with E-state index in [1.807, 2.05) is 6.07 Å². The Morgan fingerprint density at radius 2 is 2.22 bits per heavy atom. The second kappa shape index (κ2) is 4.53. The van der Waals surface area contributed by atoms with Crippen LogP contribution in [0.15, 0.2) is 24.0 Å². The van der Waals surface area contributed by atoms with Gasteiger partial charge in [-0.1, -0.05) is 6.07 Å². The van der Waals surface area contributed by atoms with Crippen LogP contribution in [0.3, 0.4) is 0 Å². The minimum atomic E-state index is -3.26. The molecule has 0 bridgehead atoms. The van der Waals surface area contributed by atoms with Crippen molar-refractivity contribution >= 4 is 27.6 Å². The lowest BCUT2D eigenvalue weighted by Crippen LogP contribution is -2.12. The van der Waals surface area contributed by atoms with Crippen molar-refractivity contribution in [3.63, 3.8) is 0 Å². The average molecular weight is 271 g/mol. The van der Waals surface area contributed by atoms with Gasteiger partial charge in [-0.25, -0.2) is 4.98 Å². The Bertz CT molecular complexity index is 602. The molecule has 2 aromatic rings. The molecule has 0 saturated carbocycles. The molecule has 2 rings (SSSR count). The molecule has 0 spiro atoms. The van der Waals surface area contributed by atoms with Crippen LogP contribution in [0.1, 0.15) is 11.9 Å². The van der Waals surface area contributed by atoms with E-state index in [-0.39, 0.29) is 0 Å². The zero-order chi connectivity index (χ0) is 13.3. The van der Waals surface area contributed by atoms with Gasteiger partial charge in [-0.05, 0) is 12.1 Å². The van der Waals surface area contributed by atoms with E-state index < -0.39 is 11.7 Å². The van der Waals surface area contributed by atoms with Crippen molar-refractivity contribution in [3.8, 4) is 5.75 Å². The van der Waals surface area contributed by atoms with Crippen molar-refractivity contribution in [2.24, 2.45) is 0 Å². The van der Waals surface area contributed by atoms with E-state index in [1.165, 1.54) is 18.4 Å². The normalized spacial score (nSPS) is 13.0. The van der Waals surface area contributed by atoms with Crippen LogP contribution in [-0.2, 0) is 0 Å². The quantitative estimate of drug-likeness (QED) is 0.862. The third-order valence-electron chi connectivity index (χ3n) is 2.33. The fourth-order valence-corrected chi connectivity index (χ4v) is 2.33. The second-order valence-electron chi connectivity index (χ2n) is 3.78. The van der Waals surface area contributed by atoms with E-state index in [0.717, 1.165) is 10.8 Å². The molecule has 0 radical (unpaired) electrons. The Morgan fingerprint density at radius 3 is 2.83 bits per heavy atom. The van der Waals surface area contributed by atoms with Crippen molar-refractivity contribution in [2.45, 2.75) is 12.8 Å². The largest absolute Gasteiger partial charge is 0.506 e. The summed E-state index contributed by atoms with van der Waals surface area (Å²) in [7, 11) is 1.52. The van der Waals surface area contributed by atoms with E-state index in [2.05, 4.69) is 4.98 Å². The summed E-state index contributed by atoms with van der Waals surface area (Å²) in [6.07, 6.45) is 0.976. The maximum Gasteiger partial charge on any atom is 0.301 e. The molecule has 0 aliphatic heterocycles. The molecule has 0 aliphatic carbocycles. The molecule has 0 atom stereocenters. The molecule has 0 fully saturated rings. The summed E-state index contributed by atoms with van der Waals surface area (Å²) in [6.45, 7) is 0.632. The van der Waals surface area contributed by atoms with Crippen LogP contribution in [0.2, 0.25) is 0 Å². The van der Waals surface area contributed by atoms with Crippen LogP contribution >= 0.6 is 11.3 Å². The predicted molar refractivity (Wildman–Crippen MR) is 67.4 cm³/mol. The summed E-state index contributed by atoms with van der Waals surface area (Å²) in [5.41, 5.74) is 0.600. The van der Waals surface area contributed by atoms with Gasteiger partial charge < -0.3 is 9.84 Å². The number of thiazole rings is 1. The van der Waals surface area contributed by atoms with Crippen molar-refractivity contribution in [1.29, 1.82) is 0 Å². The fraction of sp³-hybridized carbons (Fsp3) is 0.250. The number of nitrogens with zero attached hydrogens (tertiary/aromatic N) is 1. The fourth-order valence-electron chi connectivity index (χ4n) is 1.41. The average Bonchev–Trinajstić information content (AvgIpc) is 2.69. The second-order valence-corrected chi connectivity index (χ2v) is 4.84. The summed E-state index contributed by atoms with van der Waals surface area (Å²) in [6, 6.07) is 5.35. The van der Waals surface area contributed by atoms with Gasteiger partial charge in [0.15, 0.2) is 5.76 Å². The molecule has 0 saturated heterocycles. The summed E-state index contributed by atoms with van der Waals surface area (Å²) in [5, 5.41) is 9.55. The molecule has 6 heteroatoms. The van der Waals surface area contributed by atoms with Crippen molar-refractivity contribution in [3.05, 3.63) is 29.0 Å². The highest BCUT2D eigenvalue weighted by molar-refractivity contribution is 7.19. The zero-order valence-electron chi connectivity index (χ0n) is 9.78. The van der Waals surface area contributed by atoms with Gasteiger partial charge in [0.25, 0.3) is 0 Å². The van der Waals surface area contributed by atoms with E-state index in [0.29, 0.717) is 23.2 Å². The Kier molecular flexibility index (Phi) is 3.21. The number of rotatable bonds is 3. The summed E-state index contributed by atoms with van der Waals surface area (Å²) >= 11 is 1.21. The van der Waals surface area contributed by atoms with E-state index in [1.54, 1.807) is 12.1 Å². The first kappa shape index (κ1) is 12.8. The smallest absolute Gasteiger partial charge is 0.301 e. The summed E-state index contributed by atoms with van der Waals surface area (Å²) in [5.74, 6) is -3.69. The molecule has 1 heterocycles. The number of aromatic nitrogens is 1. The third kappa shape index (κ3) is 2.43. The highest BCUT2D eigenvalue weighted by Crippen LogP contribution is 2.31. The number of hydrogen-bond acceptors (Lipinski definition) is 4. The molecule has 0 unspecified atom stereocenters. The standard InChI is InChI=1S/C12H11F2NO2S/c1-12(13,14)9(16)6-10-15-11-7(17-2)4-3-5-8(11)18-10/h3-6,16H,1-2H3. The van der Waals surface area contributed by atoms with Crippen LogP contribution in [0.5, 0.6) is 5.75 Å². The van der Waals surface area contributed by atoms with Crippen LogP contribution in [0.4, 0.5) is 8.78 Å². The highest BCUT2D eigenvalue weighted by atomic mass is 32.1. The molecule has 0 amide bonds. The number of ether oxygens (including phenoxy) is 1. The maximum atomic E-state index is 12.8. The molecule has 1 aromatic heterocycles. The number of fused-ring (bicyclic) bond motifs is 1. The van der Waals surface area contributed by atoms with Gasteiger partial charge in [-0.15, -0.1) is 11.3 Å². The van der Waals surface area contributed by atoms with Crippen molar-refractivity contribution in [2.75, 3.05) is 7.11 Å². The molecular weight excluding hydrogens is 260 g/mol. The van der Waals surface area contributed by atoms with E-state index >= 15 is 0 Å². The van der Waals surface area contributed by atoms with Gasteiger partial charge in [0.1, 0.15) is 16.3 Å². The lowest BCUT2D eigenvalue weighted by molar-refractivity contribution is 0.0208. The van der Waals surface area contributed by atoms with Crippen LogP contribution in [0, 0.1) is 0 Å². The summed E-state index contributed by atoms with van der Waals surface area (Å²) < 4.78 is 31.6. The minimum absolute atomic E-state index is 0.313. The van der Waals surface area contributed by atoms with Gasteiger partial charge in [0, 0.05) is 13.0 Å². The topological polar surface area (TPSA) is 42.4 Å². The number of hydrogen-bond donors (Lipinski definition) is 1. The minimum Gasteiger partial charge on any atom is -0.506 e. The molecule has 96 valence electrons. The Labute approximate surface area is 106 Å². The first-order chi connectivity index (χ1) is 8.41. The first-order valence-corrected chi connectivity index (χ1v) is 5.96. The number of halogens is 2. The number of aliphatic hydroxyl groups excluding tert-OH is 1. The number of para-hydroxylation sites is 1. The molecule has 1 N–H and O–H groups in total. The SMILES string of the molecule is COc1cccc2sc(C=C(O)C(C)(F)F)nc12. The van der Waals surface area contributed by atoms with Crippen molar-refractivity contribution < 1.29 is 18.6 Å². The van der Waals surface area contributed by atoms with E-state index in [9.17, 15) is 13.9 Å². The number of benzene rings is 1. The predicted octanol–water partition coefficient (Wildman–Crippen LogP) is 3.86. The Balaban J connectivity index is 2.49. The molecule has 1 aromatic carbocycles. The lowest BCUT2D eigenvalue weighted by Gasteiger charge is -2.07. The molecule has 0 aliphatic rings. The monoisotopic (exact) mass is 271 g/mol. The zero-order valence-corrected chi connectivity index (χ0v) is 10.6. The molecule has 18 heavy (non-hydrogen) atoms. The number of aliphatic hydroxyl groups is 1. The Morgan fingerprint density at radius 1 is 1.50 bits per heavy atom. The van der Waals surface area contributed by atoms with Gasteiger partial charge in [0.2, 0.25) is 0 Å². The first-order valence-electron chi connectivity index (χ1n) is 5.14. The maximum absolute atomic E-state index is 12.8. The number of alkyl halides is 2. The third-order valence-corrected chi connectivity index (χ3v) is 3.30. The number of allylic oxidation sites excluding steroid dienone is 1. The van der Waals surface area contributed by atoms with Crippen LogP contribution in [0.25, 0.3) is 16.3 Å². The van der Waals surface area contributed by atoms with Crippen molar-refractivity contribution in [1.82, 2.24) is 4.98 Å². The van der Waals surface area contributed by atoms with Gasteiger partial charge in [-0.2, -0.15) is 8.78 Å². The summed E-state index contributed by atoms with van der Waals surface area (Å²) in [4.78, 5) is 4.16. The van der Waals surface area contributed by atoms with Crippen LogP contribution in [-0.4, -0.2) is 23.1 Å². The Hall–Kier alpha value is -1.69. The molecule has 3 nitrogen and oxygen atoms in total. The van der Waals surface area contributed by atoms with Gasteiger partial charge in [-0.3, -0.25) is 0 Å². The van der Waals surface area contributed by atoms with Crippen LogP contribution < -0.4 is 4.74 Å². The lowest BCUT2D eigenvalue weighted by atomic mass is 10.3. The molecular formula is C12H11F2NO2S. The van der Waals surface area contributed by atoms with Gasteiger partial charge in [0.05, 0.1) is 11.8 Å². The van der Waals surface area contributed by atoms with E-state index in [4.69, 9.17) is 4.74 Å². The number of methoxy groups -OCH3 is 1. The highest BCUT2D eigenvalue weighted by Gasteiger charge is 2.27.